The van der Waals surface area contributed by atoms with Crippen LogP contribution in [0.15, 0.2) is 48.0 Å². The number of rotatable bonds is 6. The van der Waals surface area contributed by atoms with Crippen LogP contribution >= 0.6 is 0 Å². The van der Waals surface area contributed by atoms with Crippen molar-refractivity contribution in [2.24, 2.45) is 11.8 Å². The third kappa shape index (κ3) is 4.44. The summed E-state index contributed by atoms with van der Waals surface area (Å²) in [6.45, 7) is 11.1. The molecule has 112 valence electrons. The topological polar surface area (TPSA) is 12.0 Å². The predicted octanol–water partition coefficient (Wildman–Crippen LogP) is 5.12. The maximum absolute atomic E-state index is 3.57. The zero-order chi connectivity index (χ0) is 15.2. The molecule has 0 atom stereocenters. The Morgan fingerprint density at radius 1 is 1.00 bits per heavy atom. The van der Waals surface area contributed by atoms with Crippen LogP contribution < -0.4 is 5.32 Å². The van der Waals surface area contributed by atoms with Gasteiger partial charge in [0.2, 0.25) is 0 Å². The molecule has 1 nitrogen and oxygen atoms in total. The molecule has 0 radical (unpaired) electrons. The van der Waals surface area contributed by atoms with Gasteiger partial charge in [0.25, 0.3) is 0 Å². The van der Waals surface area contributed by atoms with E-state index in [0.29, 0.717) is 11.8 Å². The molecular formula is C20H27N. The molecule has 1 heteroatoms. The molecule has 2 rings (SSSR count). The molecule has 2 aromatic carbocycles. The SMILES string of the molecule is CC(C)CNCC(=Cc1cccc2ccccc12)C(C)C. The van der Waals surface area contributed by atoms with E-state index in [1.54, 1.807) is 0 Å². The van der Waals surface area contributed by atoms with Crippen molar-refractivity contribution in [1.82, 2.24) is 5.32 Å². The summed E-state index contributed by atoms with van der Waals surface area (Å²) in [5.41, 5.74) is 2.79. The van der Waals surface area contributed by atoms with E-state index >= 15 is 0 Å². The fourth-order valence-electron chi connectivity index (χ4n) is 2.50. The fourth-order valence-corrected chi connectivity index (χ4v) is 2.50. The van der Waals surface area contributed by atoms with Gasteiger partial charge in [-0.1, -0.05) is 81.8 Å². The molecule has 0 saturated carbocycles. The largest absolute Gasteiger partial charge is 0.313 e. The lowest BCUT2D eigenvalue weighted by Crippen LogP contribution is -2.23. The Balaban J connectivity index is 2.27. The van der Waals surface area contributed by atoms with Crippen molar-refractivity contribution in [2.45, 2.75) is 27.7 Å². The molecule has 0 amide bonds. The lowest BCUT2D eigenvalue weighted by atomic mass is 9.97. The third-order valence-corrected chi connectivity index (χ3v) is 3.79. The van der Waals surface area contributed by atoms with E-state index in [1.807, 2.05) is 0 Å². The molecule has 0 bridgehead atoms. The van der Waals surface area contributed by atoms with Crippen molar-refractivity contribution in [2.75, 3.05) is 13.1 Å². The van der Waals surface area contributed by atoms with Gasteiger partial charge in [-0.15, -0.1) is 0 Å². The first-order valence-corrected chi connectivity index (χ1v) is 7.97. The van der Waals surface area contributed by atoms with Gasteiger partial charge in [0.05, 0.1) is 0 Å². The Bertz CT molecular complexity index is 603. The molecular weight excluding hydrogens is 254 g/mol. The molecule has 2 aromatic rings. The molecule has 0 aliphatic rings. The lowest BCUT2D eigenvalue weighted by Gasteiger charge is -2.15. The van der Waals surface area contributed by atoms with E-state index in [1.165, 1.54) is 21.9 Å². The first-order valence-electron chi connectivity index (χ1n) is 7.97. The summed E-state index contributed by atoms with van der Waals surface area (Å²) < 4.78 is 0. The molecule has 0 aliphatic heterocycles. The van der Waals surface area contributed by atoms with E-state index in [2.05, 4.69) is 81.6 Å². The predicted molar refractivity (Wildman–Crippen MR) is 94.5 cm³/mol. The van der Waals surface area contributed by atoms with Crippen LogP contribution in [0.5, 0.6) is 0 Å². The highest BCUT2D eigenvalue weighted by Gasteiger charge is 2.05. The van der Waals surface area contributed by atoms with E-state index in [0.717, 1.165) is 13.1 Å². The Morgan fingerprint density at radius 3 is 2.43 bits per heavy atom. The van der Waals surface area contributed by atoms with Gasteiger partial charge in [0.1, 0.15) is 0 Å². The summed E-state index contributed by atoms with van der Waals surface area (Å²) in [6.07, 6.45) is 2.36. The average Bonchev–Trinajstić information content (AvgIpc) is 2.46. The number of nitrogens with one attached hydrogen (secondary N) is 1. The highest BCUT2D eigenvalue weighted by Crippen LogP contribution is 2.22. The smallest absolute Gasteiger partial charge is 0.0170 e. The van der Waals surface area contributed by atoms with Crippen LogP contribution in [-0.4, -0.2) is 13.1 Å². The number of benzene rings is 2. The van der Waals surface area contributed by atoms with Gasteiger partial charge < -0.3 is 5.32 Å². The van der Waals surface area contributed by atoms with Crippen molar-refractivity contribution in [3.63, 3.8) is 0 Å². The minimum absolute atomic E-state index is 0.559. The molecule has 0 heterocycles. The fraction of sp³-hybridized carbons (Fsp3) is 0.400. The van der Waals surface area contributed by atoms with Crippen molar-refractivity contribution >= 4 is 16.8 Å². The average molecular weight is 281 g/mol. The minimum atomic E-state index is 0.559. The zero-order valence-electron chi connectivity index (χ0n) is 13.7. The summed E-state index contributed by atoms with van der Waals surface area (Å²) >= 11 is 0. The van der Waals surface area contributed by atoms with Crippen molar-refractivity contribution < 1.29 is 0 Å². The van der Waals surface area contributed by atoms with Gasteiger partial charge in [-0.25, -0.2) is 0 Å². The Morgan fingerprint density at radius 2 is 1.71 bits per heavy atom. The van der Waals surface area contributed by atoms with Crippen LogP contribution in [0.2, 0.25) is 0 Å². The van der Waals surface area contributed by atoms with Gasteiger partial charge in [0.15, 0.2) is 0 Å². The first kappa shape index (κ1) is 15.8. The van der Waals surface area contributed by atoms with E-state index in [9.17, 15) is 0 Å². The molecule has 0 aliphatic carbocycles. The third-order valence-electron chi connectivity index (χ3n) is 3.79. The van der Waals surface area contributed by atoms with Gasteiger partial charge in [-0.05, 0) is 34.7 Å². The lowest BCUT2D eigenvalue weighted by molar-refractivity contribution is 0.558. The van der Waals surface area contributed by atoms with Gasteiger partial charge in [-0.3, -0.25) is 0 Å². The normalized spacial score (nSPS) is 12.6. The molecule has 1 N–H and O–H groups in total. The van der Waals surface area contributed by atoms with Crippen LogP contribution in [0.25, 0.3) is 16.8 Å². The highest BCUT2D eigenvalue weighted by atomic mass is 14.9. The monoisotopic (exact) mass is 281 g/mol. The second-order valence-corrected chi connectivity index (χ2v) is 6.47. The summed E-state index contributed by atoms with van der Waals surface area (Å²) in [7, 11) is 0. The Hall–Kier alpha value is -1.60. The molecule has 0 aromatic heterocycles. The highest BCUT2D eigenvalue weighted by molar-refractivity contribution is 5.90. The molecule has 0 fully saturated rings. The standard InChI is InChI=1S/C20H27N/c1-15(2)13-21-14-19(16(3)4)12-18-10-7-9-17-8-5-6-11-20(17)18/h5-12,15-16,21H,13-14H2,1-4H3. The Labute approximate surface area is 129 Å². The van der Waals surface area contributed by atoms with Crippen LogP contribution in [0.3, 0.4) is 0 Å². The summed E-state index contributed by atoms with van der Waals surface area (Å²) in [6, 6.07) is 15.1. The quantitative estimate of drug-likeness (QED) is 0.774. The van der Waals surface area contributed by atoms with Crippen molar-refractivity contribution in [3.05, 3.63) is 53.6 Å². The number of hydrogen-bond acceptors (Lipinski definition) is 1. The van der Waals surface area contributed by atoms with Gasteiger partial charge in [-0.2, -0.15) is 0 Å². The Kier molecular flexibility index (Phi) is 5.58. The van der Waals surface area contributed by atoms with Crippen LogP contribution in [0.1, 0.15) is 33.3 Å². The molecule has 0 unspecified atom stereocenters. The van der Waals surface area contributed by atoms with Crippen LogP contribution in [0.4, 0.5) is 0 Å². The maximum Gasteiger partial charge on any atom is 0.0170 e. The van der Waals surface area contributed by atoms with Crippen molar-refractivity contribution in [1.29, 1.82) is 0 Å². The minimum Gasteiger partial charge on any atom is -0.313 e. The molecule has 0 saturated heterocycles. The zero-order valence-corrected chi connectivity index (χ0v) is 13.7. The summed E-state index contributed by atoms with van der Waals surface area (Å²) in [5, 5.41) is 6.21. The second-order valence-electron chi connectivity index (χ2n) is 6.47. The number of fused-ring (bicyclic) bond motifs is 1. The number of hydrogen-bond donors (Lipinski definition) is 1. The maximum atomic E-state index is 3.57. The van der Waals surface area contributed by atoms with E-state index in [-0.39, 0.29) is 0 Å². The molecule has 21 heavy (non-hydrogen) atoms. The summed E-state index contributed by atoms with van der Waals surface area (Å²) in [4.78, 5) is 0. The van der Waals surface area contributed by atoms with Crippen molar-refractivity contribution in [3.8, 4) is 0 Å². The van der Waals surface area contributed by atoms with Gasteiger partial charge >= 0.3 is 0 Å². The summed E-state index contributed by atoms with van der Waals surface area (Å²) in [5.74, 6) is 1.25. The second kappa shape index (κ2) is 7.42. The van der Waals surface area contributed by atoms with E-state index < -0.39 is 0 Å². The molecule has 0 spiro atoms. The van der Waals surface area contributed by atoms with Crippen LogP contribution in [-0.2, 0) is 0 Å². The first-order chi connectivity index (χ1) is 10.1. The van der Waals surface area contributed by atoms with Gasteiger partial charge in [0, 0.05) is 6.54 Å². The van der Waals surface area contributed by atoms with E-state index in [4.69, 9.17) is 0 Å². The van der Waals surface area contributed by atoms with Crippen LogP contribution in [0, 0.1) is 11.8 Å².